The first-order valence-corrected chi connectivity index (χ1v) is 7.76. The van der Waals surface area contributed by atoms with Gasteiger partial charge in [0.15, 0.2) is 0 Å². The van der Waals surface area contributed by atoms with E-state index in [4.69, 9.17) is 5.11 Å². The lowest BCUT2D eigenvalue weighted by Gasteiger charge is -2.36. The first-order valence-electron chi connectivity index (χ1n) is 7.76. The Labute approximate surface area is 145 Å². The minimum atomic E-state index is -0.221. The summed E-state index contributed by atoms with van der Waals surface area (Å²) >= 11 is 0. The molecule has 2 aliphatic rings. The third-order valence-electron chi connectivity index (χ3n) is 4.11. The van der Waals surface area contributed by atoms with E-state index >= 15 is 0 Å². The average molecular weight is 350 g/mol. The normalized spacial score (nSPS) is 17.7. The Bertz CT molecular complexity index is 830. The van der Waals surface area contributed by atoms with Gasteiger partial charge in [0.25, 0.3) is 0 Å². The van der Waals surface area contributed by atoms with Gasteiger partial charge in [0, 0.05) is 32.4 Å². The molecule has 5 rings (SSSR count). The van der Waals surface area contributed by atoms with Gasteiger partial charge in [-0.05, 0) is 18.2 Å². The highest BCUT2D eigenvalue weighted by molar-refractivity contribution is 5.85. The molecule has 0 aliphatic carbocycles. The van der Waals surface area contributed by atoms with Crippen molar-refractivity contribution in [3.8, 4) is 0 Å². The van der Waals surface area contributed by atoms with E-state index in [0.717, 1.165) is 29.9 Å². The average Bonchev–Trinajstić information content (AvgIpc) is 2.88. The Hall–Kier alpha value is -1.93. The highest BCUT2D eigenvalue weighted by Crippen LogP contribution is 2.21. The number of aliphatic hydroxyl groups excluding tert-OH is 2. The molecule has 24 heavy (non-hydrogen) atoms. The Morgan fingerprint density at radius 2 is 1.71 bits per heavy atom. The highest BCUT2D eigenvalue weighted by atomic mass is 35.5. The lowest BCUT2D eigenvalue weighted by atomic mass is 10.2. The monoisotopic (exact) mass is 349 g/mol. The minimum absolute atomic E-state index is 0. The van der Waals surface area contributed by atoms with Gasteiger partial charge in [0.1, 0.15) is 5.82 Å². The van der Waals surface area contributed by atoms with Crippen molar-refractivity contribution >= 4 is 35.0 Å². The number of fused-ring (bicyclic) bond motifs is 3. The maximum atomic E-state index is 9.32. The smallest absolute Gasteiger partial charge is 0.236 e. The molecule has 0 radical (unpaired) electrons. The van der Waals surface area contributed by atoms with Gasteiger partial charge in [-0.15, -0.1) is 12.4 Å². The largest absolute Gasteiger partial charge is 0.390 e. The molecule has 2 aromatic heterocycles. The summed E-state index contributed by atoms with van der Waals surface area (Å²) in [7, 11) is 0. The summed E-state index contributed by atoms with van der Waals surface area (Å²) in [5.74, 6) is 1.58. The SMILES string of the molecule is Cl.OC1CN(c2ccn3c(n2)nc2ccccc23)C1.OC1CNC1. The van der Waals surface area contributed by atoms with Crippen molar-refractivity contribution in [1.82, 2.24) is 19.7 Å². The Balaban J connectivity index is 0.000000245. The second kappa shape index (κ2) is 6.90. The van der Waals surface area contributed by atoms with Crippen molar-refractivity contribution in [2.24, 2.45) is 0 Å². The standard InChI is InChI=1S/C13H12N4O.C3H7NO.ClH/c18-9-7-16(8-9)12-5-6-17-11-4-2-1-3-10(11)14-13(17)15-12;5-3-1-4-2-3;/h1-6,9,18H,7-8H2;3-5H,1-2H2;1H. The maximum absolute atomic E-state index is 9.32. The van der Waals surface area contributed by atoms with Gasteiger partial charge >= 0.3 is 0 Å². The van der Waals surface area contributed by atoms with Crippen molar-refractivity contribution in [3.63, 3.8) is 0 Å². The molecule has 128 valence electrons. The van der Waals surface area contributed by atoms with Crippen LogP contribution in [0.3, 0.4) is 0 Å². The van der Waals surface area contributed by atoms with E-state index in [1.54, 1.807) is 0 Å². The second-order valence-electron chi connectivity index (χ2n) is 5.93. The van der Waals surface area contributed by atoms with Crippen LogP contribution in [0.1, 0.15) is 0 Å². The molecule has 0 atom stereocenters. The fourth-order valence-electron chi connectivity index (χ4n) is 2.63. The number of hydrogen-bond acceptors (Lipinski definition) is 6. The molecule has 0 saturated carbocycles. The van der Waals surface area contributed by atoms with Crippen LogP contribution in [-0.2, 0) is 0 Å². The molecule has 3 aromatic rings. The molecule has 1 aromatic carbocycles. The summed E-state index contributed by atoms with van der Waals surface area (Å²) in [5, 5.41) is 20.6. The van der Waals surface area contributed by atoms with Crippen LogP contribution in [0, 0.1) is 0 Å². The number of rotatable bonds is 1. The molecular weight excluding hydrogens is 330 g/mol. The van der Waals surface area contributed by atoms with Gasteiger partial charge in [-0.25, -0.2) is 4.98 Å². The van der Waals surface area contributed by atoms with Crippen molar-refractivity contribution in [3.05, 3.63) is 36.5 Å². The van der Waals surface area contributed by atoms with Crippen LogP contribution in [0.4, 0.5) is 5.82 Å². The Morgan fingerprint density at radius 1 is 1.00 bits per heavy atom. The van der Waals surface area contributed by atoms with Crippen molar-refractivity contribution in [1.29, 1.82) is 0 Å². The van der Waals surface area contributed by atoms with E-state index in [-0.39, 0.29) is 24.6 Å². The molecule has 0 spiro atoms. The fourth-order valence-corrected chi connectivity index (χ4v) is 2.63. The quantitative estimate of drug-likeness (QED) is 0.591. The number of hydrogen-bond donors (Lipinski definition) is 3. The zero-order valence-electron chi connectivity index (χ0n) is 13.0. The molecule has 8 heteroatoms. The van der Waals surface area contributed by atoms with Crippen LogP contribution in [0.2, 0.25) is 0 Å². The number of halogens is 1. The molecule has 0 amide bonds. The van der Waals surface area contributed by atoms with Crippen LogP contribution in [0.15, 0.2) is 36.5 Å². The van der Waals surface area contributed by atoms with Crippen LogP contribution in [-0.4, -0.2) is 63.0 Å². The number of imidazole rings is 1. The lowest BCUT2D eigenvalue weighted by Crippen LogP contribution is -2.51. The number of nitrogens with zero attached hydrogens (tertiary/aromatic N) is 4. The number of benzene rings is 1. The molecular formula is C16H20ClN5O2. The minimum Gasteiger partial charge on any atom is -0.390 e. The molecule has 3 N–H and O–H groups in total. The summed E-state index contributed by atoms with van der Waals surface area (Å²) < 4.78 is 1.98. The topological polar surface area (TPSA) is 85.9 Å². The molecule has 2 aliphatic heterocycles. The molecule has 4 heterocycles. The Kier molecular flexibility index (Phi) is 4.86. The predicted molar refractivity (Wildman–Crippen MR) is 94.8 cm³/mol. The molecule has 2 fully saturated rings. The first-order chi connectivity index (χ1) is 11.2. The molecule has 0 unspecified atom stereocenters. The summed E-state index contributed by atoms with van der Waals surface area (Å²) in [4.78, 5) is 11.1. The molecule has 0 bridgehead atoms. The van der Waals surface area contributed by atoms with E-state index in [2.05, 4.69) is 15.3 Å². The lowest BCUT2D eigenvalue weighted by molar-refractivity contribution is 0.117. The van der Waals surface area contributed by atoms with Gasteiger partial charge in [-0.1, -0.05) is 12.1 Å². The predicted octanol–water partition coefficient (Wildman–Crippen LogP) is 0.436. The first kappa shape index (κ1) is 16.9. The van der Waals surface area contributed by atoms with E-state index in [1.807, 2.05) is 45.8 Å². The zero-order chi connectivity index (χ0) is 15.8. The van der Waals surface area contributed by atoms with Crippen LogP contribution in [0.25, 0.3) is 16.8 Å². The number of anilines is 1. The summed E-state index contributed by atoms with van der Waals surface area (Å²) in [6.07, 6.45) is 1.72. The molecule has 2 saturated heterocycles. The third-order valence-corrected chi connectivity index (χ3v) is 4.11. The zero-order valence-corrected chi connectivity index (χ0v) is 13.9. The van der Waals surface area contributed by atoms with Gasteiger partial charge in [-0.3, -0.25) is 4.40 Å². The number of nitrogens with one attached hydrogen (secondary N) is 1. The maximum Gasteiger partial charge on any atom is 0.236 e. The summed E-state index contributed by atoms with van der Waals surface area (Å²) in [6, 6.07) is 9.95. The number of β-amino-alcohol motifs (C(OH)–C–C–N with tert-alkyl or cyclic N) is 2. The number of aliphatic hydroxyl groups is 2. The van der Waals surface area contributed by atoms with Gasteiger partial charge in [0.05, 0.1) is 23.2 Å². The summed E-state index contributed by atoms with van der Waals surface area (Å²) in [6.45, 7) is 2.90. The fraction of sp³-hybridized carbons (Fsp3) is 0.375. The second-order valence-corrected chi connectivity index (χ2v) is 5.93. The van der Waals surface area contributed by atoms with Crippen molar-refractivity contribution in [2.75, 3.05) is 31.1 Å². The van der Waals surface area contributed by atoms with Gasteiger partial charge in [-0.2, -0.15) is 4.98 Å². The highest BCUT2D eigenvalue weighted by Gasteiger charge is 2.25. The van der Waals surface area contributed by atoms with E-state index in [9.17, 15) is 5.11 Å². The van der Waals surface area contributed by atoms with Crippen LogP contribution < -0.4 is 10.2 Å². The van der Waals surface area contributed by atoms with E-state index in [0.29, 0.717) is 18.9 Å². The number of aromatic nitrogens is 3. The Morgan fingerprint density at radius 3 is 2.33 bits per heavy atom. The van der Waals surface area contributed by atoms with Gasteiger partial charge in [0.2, 0.25) is 5.78 Å². The summed E-state index contributed by atoms with van der Waals surface area (Å²) in [5.41, 5.74) is 2.01. The molecule has 7 nitrogen and oxygen atoms in total. The van der Waals surface area contributed by atoms with Crippen LogP contribution >= 0.6 is 12.4 Å². The van der Waals surface area contributed by atoms with E-state index in [1.165, 1.54) is 0 Å². The van der Waals surface area contributed by atoms with Crippen molar-refractivity contribution in [2.45, 2.75) is 12.2 Å². The van der Waals surface area contributed by atoms with Crippen LogP contribution in [0.5, 0.6) is 0 Å². The third kappa shape index (κ3) is 3.16. The van der Waals surface area contributed by atoms with Gasteiger partial charge < -0.3 is 20.4 Å². The van der Waals surface area contributed by atoms with Crippen molar-refractivity contribution < 1.29 is 10.2 Å². The van der Waals surface area contributed by atoms with E-state index < -0.39 is 0 Å². The number of para-hydroxylation sites is 2.